The topological polar surface area (TPSA) is 20.2 Å². The van der Waals surface area contributed by atoms with Gasteiger partial charge in [-0.2, -0.15) is 0 Å². The maximum atomic E-state index is 10.4. The first-order chi connectivity index (χ1) is 8.44. The first kappa shape index (κ1) is 13.6. The molecule has 0 aliphatic heterocycles. The quantitative estimate of drug-likeness (QED) is 0.639. The molecule has 1 nitrogen and oxygen atoms in total. The van der Waals surface area contributed by atoms with Crippen LogP contribution in [-0.2, 0) is 0 Å². The SMILES string of the molecule is C=CC[C@@]1(Cl)C[C@H](c2ccccc2)C[C@](C)(O)C1. The lowest BCUT2D eigenvalue weighted by molar-refractivity contribution is -0.000308. The summed E-state index contributed by atoms with van der Waals surface area (Å²) in [6, 6.07) is 10.3. The Kier molecular flexibility index (Phi) is 3.84. The summed E-state index contributed by atoms with van der Waals surface area (Å²) in [5.74, 6) is 0.326. The monoisotopic (exact) mass is 264 g/mol. The van der Waals surface area contributed by atoms with E-state index >= 15 is 0 Å². The summed E-state index contributed by atoms with van der Waals surface area (Å²) >= 11 is 6.67. The van der Waals surface area contributed by atoms with Crippen molar-refractivity contribution >= 4 is 11.6 Å². The van der Waals surface area contributed by atoms with Gasteiger partial charge in [0.05, 0.1) is 10.5 Å². The van der Waals surface area contributed by atoms with Crippen LogP contribution in [0.5, 0.6) is 0 Å². The van der Waals surface area contributed by atoms with Gasteiger partial charge in [-0.15, -0.1) is 18.2 Å². The van der Waals surface area contributed by atoms with E-state index in [0.29, 0.717) is 12.3 Å². The van der Waals surface area contributed by atoms with Crippen molar-refractivity contribution in [3.8, 4) is 0 Å². The Morgan fingerprint density at radius 1 is 1.39 bits per heavy atom. The largest absolute Gasteiger partial charge is 0.390 e. The van der Waals surface area contributed by atoms with Crippen molar-refractivity contribution in [1.82, 2.24) is 0 Å². The number of hydrogen-bond acceptors (Lipinski definition) is 1. The molecule has 1 aliphatic rings. The summed E-state index contributed by atoms with van der Waals surface area (Å²) in [6.45, 7) is 5.67. The Bertz CT molecular complexity index is 412. The maximum Gasteiger partial charge on any atom is 0.0642 e. The van der Waals surface area contributed by atoms with Gasteiger partial charge in [-0.3, -0.25) is 0 Å². The summed E-state index contributed by atoms with van der Waals surface area (Å²) in [6.07, 6.45) is 4.92. The first-order valence-electron chi connectivity index (χ1n) is 6.51. The predicted octanol–water partition coefficient (Wildman–Crippen LogP) is 4.26. The van der Waals surface area contributed by atoms with Gasteiger partial charge in [0, 0.05) is 0 Å². The van der Waals surface area contributed by atoms with Crippen LogP contribution in [0.25, 0.3) is 0 Å². The van der Waals surface area contributed by atoms with Crippen LogP contribution in [0, 0.1) is 0 Å². The van der Waals surface area contributed by atoms with E-state index in [1.54, 1.807) is 0 Å². The van der Waals surface area contributed by atoms with Crippen LogP contribution in [0.1, 0.15) is 44.1 Å². The highest BCUT2D eigenvalue weighted by Gasteiger charge is 2.43. The number of benzene rings is 1. The van der Waals surface area contributed by atoms with Crippen molar-refractivity contribution in [3.05, 3.63) is 48.6 Å². The second-order valence-electron chi connectivity index (χ2n) is 5.83. The Morgan fingerprint density at radius 3 is 2.67 bits per heavy atom. The van der Waals surface area contributed by atoms with Gasteiger partial charge < -0.3 is 5.11 Å². The molecule has 2 rings (SSSR count). The van der Waals surface area contributed by atoms with Gasteiger partial charge in [0.15, 0.2) is 0 Å². The Labute approximate surface area is 114 Å². The van der Waals surface area contributed by atoms with E-state index in [-0.39, 0.29) is 4.87 Å². The zero-order valence-electron chi connectivity index (χ0n) is 10.9. The van der Waals surface area contributed by atoms with Crippen molar-refractivity contribution in [2.75, 3.05) is 0 Å². The number of aliphatic hydroxyl groups is 1. The summed E-state index contributed by atoms with van der Waals surface area (Å²) < 4.78 is 0. The van der Waals surface area contributed by atoms with Crippen LogP contribution in [0.3, 0.4) is 0 Å². The Hall–Kier alpha value is -0.790. The molecule has 0 spiro atoms. The molecule has 1 fully saturated rings. The van der Waals surface area contributed by atoms with Crippen molar-refractivity contribution < 1.29 is 5.11 Å². The third-order valence-corrected chi connectivity index (χ3v) is 4.22. The van der Waals surface area contributed by atoms with Crippen LogP contribution >= 0.6 is 11.6 Å². The number of halogens is 1. The molecular formula is C16H21ClO. The van der Waals surface area contributed by atoms with E-state index in [4.69, 9.17) is 11.6 Å². The van der Waals surface area contributed by atoms with Crippen molar-refractivity contribution in [2.24, 2.45) is 0 Å². The van der Waals surface area contributed by atoms with Gasteiger partial charge in [0.25, 0.3) is 0 Å². The minimum Gasteiger partial charge on any atom is -0.390 e. The van der Waals surface area contributed by atoms with Gasteiger partial charge in [0.1, 0.15) is 0 Å². The maximum absolute atomic E-state index is 10.4. The molecule has 98 valence electrons. The normalized spacial score (nSPS) is 36.3. The highest BCUT2D eigenvalue weighted by Crippen LogP contribution is 2.48. The lowest BCUT2D eigenvalue weighted by atomic mass is 9.69. The molecule has 1 saturated carbocycles. The summed E-state index contributed by atoms with van der Waals surface area (Å²) in [5.41, 5.74) is 0.579. The molecule has 2 heteroatoms. The summed E-state index contributed by atoms with van der Waals surface area (Å²) in [5, 5.41) is 10.4. The second-order valence-corrected chi connectivity index (χ2v) is 6.64. The smallest absolute Gasteiger partial charge is 0.0642 e. The molecule has 0 saturated heterocycles. The molecule has 3 atom stereocenters. The van der Waals surface area contributed by atoms with E-state index in [1.807, 2.05) is 31.2 Å². The fraction of sp³-hybridized carbons (Fsp3) is 0.500. The molecule has 1 aliphatic carbocycles. The molecule has 1 aromatic carbocycles. The molecule has 0 amide bonds. The fourth-order valence-corrected chi connectivity index (χ4v) is 3.83. The van der Waals surface area contributed by atoms with E-state index < -0.39 is 5.60 Å². The fourth-order valence-electron chi connectivity index (χ4n) is 3.25. The molecular weight excluding hydrogens is 244 g/mol. The van der Waals surface area contributed by atoms with E-state index in [9.17, 15) is 5.11 Å². The van der Waals surface area contributed by atoms with Gasteiger partial charge in [-0.1, -0.05) is 36.4 Å². The average molecular weight is 265 g/mol. The molecule has 0 unspecified atom stereocenters. The minimum atomic E-state index is -0.691. The average Bonchev–Trinajstić information content (AvgIpc) is 2.27. The lowest BCUT2D eigenvalue weighted by Gasteiger charge is -2.44. The number of rotatable bonds is 3. The van der Waals surface area contributed by atoms with Gasteiger partial charge >= 0.3 is 0 Å². The van der Waals surface area contributed by atoms with Crippen molar-refractivity contribution in [3.63, 3.8) is 0 Å². The highest BCUT2D eigenvalue weighted by atomic mass is 35.5. The van der Waals surface area contributed by atoms with Crippen LogP contribution < -0.4 is 0 Å². The Morgan fingerprint density at radius 2 is 2.06 bits per heavy atom. The second kappa shape index (κ2) is 5.07. The molecule has 0 bridgehead atoms. The highest BCUT2D eigenvalue weighted by molar-refractivity contribution is 6.24. The van der Waals surface area contributed by atoms with Crippen LogP contribution in [0.4, 0.5) is 0 Å². The van der Waals surface area contributed by atoms with Gasteiger partial charge in [0.2, 0.25) is 0 Å². The molecule has 0 aromatic heterocycles. The number of allylic oxidation sites excluding steroid dienone is 1. The summed E-state index contributed by atoms with van der Waals surface area (Å²) in [4.78, 5) is -0.357. The molecule has 0 heterocycles. The molecule has 1 N–H and O–H groups in total. The zero-order valence-corrected chi connectivity index (χ0v) is 11.7. The van der Waals surface area contributed by atoms with Crippen molar-refractivity contribution in [2.45, 2.75) is 49.0 Å². The minimum absolute atomic E-state index is 0.326. The first-order valence-corrected chi connectivity index (χ1v) is 6.89. The third kappa shape index (κ3) is 3.15. The van der Waals surface area contributed by atoms with Crippen LogP contribution in [0.2, 0.25) is 0 Å². The summed E-state index contributed by atoms with van der Waals surface area (Å²) in [7, 11) is 0. The van der Waals surface area contributed by atoms with E-state index in [0.717, 1.165) is 19.3 Å². The van der Waals surface area contributed by atoms with E-state index in [1.165, 1.54) is 5.56 Å². The predicted molar refractivity (Wildman–Crippen MR) is 77.1 cm³/mol. The number of hydrogen-bond donors (Lipinski definition) is 1. The number of alkyl halides is 1. The van der Waals surface area contributed by atoms with Crippen LogP contribution in [0.15, 0.2) is 43.0 Å². The zero-order chi connectivity index (χ0) is 13.2. The molecule has 1 aromatic rings. The third-order valence-electron chi connectivity index (χ3n) is 3.78. The van der Waals surface area contributed by atoms with E-state index in [2.05, 4.69) is 18.7 Å². The lowest BCUT2D eigenvalue weighted by Crippen LogP contribution is -2.43. The van der Waals surface area contributed by atoms with Crippen molar-refractivity contribution in [1.29, 1.82) is 0 Å². The molecule has 0 radical (unpaired) electrons. The van der Waals surface area contributed by atoms with Gasteiger partial charge in [-0.25, -0.2) is 0 Å². The Balaban J connectivity index is 2.24. The standard InChI is InChI=1S/C16H21ClO/c1-3-9-16(17)11-14(10-15(2,18)12-16)13-7-5-4-6-8-13/h3-8,14,18H,1,9-12H2,2H3/t14-,15+,16-/m1/s1. The van der Waals surface area contributed by atoms with Crippen LogP contribution in [-0.4, -0.2) is 15.6 Å². The van der Waals surface area contributed by atoms with Gasteiger partial charge in [-0.05, 0) is 44.1 Å². The molecule has 18 heavy (non-hydrogen) atoms.